The van der Waals surface area contributed by atoms with Crippen molar-refractivity contribution >= 4 is 22.9 Å². The van der Waals surface area contributed by atoms with Crippen LogP contribution in [-0.4, -0.2) is 64.1 Å². The fourth-order valence-corrected chi connectivity index (χ4v) is 3.27. The van der Waals surface area contributed by atoms with Crippen LogP contribution >= 0.6 is 0 Å². The van der Waals surface area contributed by atoms with Gasteiger partial charge in [0.2, 0.25) is 0 Å². The first-order valence-corrected chi connectivity index (χ1v) is 8.18. The molecule has 4 heterocycles. The minimum Gasteiger partial charge on any atom is -0.388 e. The van der Waals surface area contributed by atoms with Crippen LogP contribution in [0.3, 0.4) is 0 Å². The van der Waals surface area contributed by atoms with Gasteiger partial charge in [-0.2, -0.15) is 0 Å². The Kier molecular flexibility index (Phi) is 3.76. The van der Waals surface area contributed by atoms with Crippen LogP contribution < -0.4 is 5.73 Å². The highest BCUT2D eigenvalue weighted by atomic mass is 16.3. The van der Waals surface area contributed by atoms with Crippen molar-refractivity contribution in [3.63, 3.8) is 0 Å². The van der Waals surface area contributed by atoms with E-state index in [1.807, 2.05) is 0 Å². The van der Waals surface area contributed by atoms with Gasteiger partial charge in [0.15, 0.2) is 11.5 Å². The Bertz CT molecular complexity index is 955. The lowest BCUT2D eigenvalue weighted by Gasteiger charge is -2.43. The van der Waals surface area contributed by atoms with E-state index in [0.717, 1.165) is 0 Å². The number of nitrogens with two attached hydrogens (primary N) is 1. The molecule has 0 saturated carbocycles. The second-order valence-electron chi connectivity index (χ2n) is 6.55. The molecule has 0 aromatic carbocycles. The first-order valence-electron chi connectivity index (χ1n) is 8.18. The fraction of sp³-hybridized carbons (Fsp3) is 0.375. The van der Waals surface area contributed by atoms with E-state index in [0.29, 0.717) is 36.4 Å². The van der Waals surface area contributed by atoms with Gasteiger partial charge >= 0.3 is 0 Å². The summed E-state index contributed by atoms with van der Waals surface area (Å²) in [6.07, 6.45) is 6.22. The Labute approximate surface area is 148 Å². The molecule has 4 rings (SSSR count). The van der Waals surface area contributed by atoms with Gasteiger partial charge in [0, 0.05) is 19.3 Å². The monoisotopic (exact) mass is 354 g/mol. The van der Waals surface area contributed by atoms with Crippen LogP contribution in [0.15, 0.2) is 31.2 Å². The summed E-state index contributed by atoms with van der Waals surface area (Å²) in [5.41, 5.74) is 6.14. The number of nitrogen functional groups attached to an aromatic ring is 1. The second kappa shape index (κ2) is 5.99. The van der Waals surface area contributed by atoms with Gasteiger partial charge in [-0.15, -0.1) is 0 Å². The molecule has 1 aliphatic rings. The van der Waals surface area contributed by atoms with Crippen LogP contribution in [0.25, 0.3) is 11.2 Å². The highest BCUT2D eigenvalue weighted by Crippen LogP contribution is 2.34. The Morgan fingerprint density at radius 3 is 2.92 bits per heavy atom. The maximum atomic E-state index is 12.7. The number of amides is 1. The Morgan fingerprint density at radius 2 is 2.15 bits per heavy atom. The van der Waals surface area contributed by atoms with Crippen LogP contribution in [0.5, 0.6) is 0 Å². The number of hydrogen-bond acceptors (Lipinski definition) is 8. The zero-order valence-corrected chi connectivity index (χ0v) is 14.1. The Balaban J connectivity index is 1.69. The normalized spacial score (nSPS) is 23.3. The van der Waals surface area contributed by atoms with Gasteiger partial charge in [0.1, 0.15) is 23.9 Å². The summed E-state index contributed by atoms with van der Waals surface area (Å²) in [7, 11) is 0. The number of carbonyl (C=O) groups excluding carboxylic acids is 1. The van der Waals surface area contributed by atoms with Crippen LogP contribution in [0.2, 0.25) is 0 Å². The smallest absolute Gasteiger partial charge is 0.272 e. The number of imidazole rings is 1. The van der Waals surface area contributed by atoms with E-state index in [1.165, 1.54) is 18.9 Å². The van der Waals surface area contributed by atoms with Crippen molar-refractivity contribution in [1.29, 1.82) is 0 Å². The molecule has 10 heteroatoms. The second-order valence-corrected chi connectivity index (χ2v) is 6.55. The number of hydrogen-bond donors (Lipinski definition) is 2. The molecular weight excluding hydrogens is 336 g/mol. The first-order chi connectivity index (χ1) is 12.5. The van der Waals surface area contributed by atoms with E-state index in [2.05, 4.69) is 24.9 Å². The molecule has 1 amide bonds. The molecule has 1 fully saturated rings. The summed E-state index contributed by atoms with van der Waals surface area (Å²) in [6, 6.07) is 1.14. The highest BCUT2D eigenvalue weighted by Gasteiger charge is 2.41. The third-order valence-electron chi connectivity index (χ3n) is 4.81. The fourth-order valence-electron chi connectivity index (χ4n) is 3.27. The zero-order chi connectivity index (χ0) is 18.3. The molecule has 3 aromatic heterocycles. The van der Waals surface area contributed by atoms with Crippen LogP contribution in [0, 0.1) is 0 Å². The van der Waals surface area contributed by atoms with Gasteiger partial charge in [0.25, 0.3) is 5.91 Å². The number of carbonyl (C=O) groups is 1. The van der Waals surface area contributed by atoms with Gasteiger partial charge in [-0.3, -0.25) is 4.79 Å². The molecular formula is C16H18N8O2. The van der Waals surface area contributed by atoms with Crippen molar-refractivity contribution in [2.75, 3.05) is 18.8 Å². The van der Waals surface area contributed by atoms with E-state index in [4.69, 9.17) is 5.73 Å². The molecule has 0 unspecified atom stereocenters. The maximum Gasteiger partial charge on any atom is 0.272 e. The average molecular weight is 354 g/mol. The van der Waals surface area contributed by atoms with Crippen molar-refractivity contribution in [3.05, 3.63) is 36.9 Å². The predicted octanol–water partition coefficient (Wildman–Crippen LogP) is 0.0367. The molecule has 0 radical (unpaired) electrons. The molecule has 2 atom stereocenters. The van der Waals surface area contributed by atoms with Crippen molar-refractivity contribution in [2.45, 2.75) is 25.0 Å². The molecule has 134 valence electrons. The number of fused-ring (bicyclic) bond motifs is 1. The molecule has 1 saturated heterocycles. The lowest BCUT2D eigenvalue weighted by atomic mass is 9.88. The molecule has 1 aliphatic heterocycles. The standard InChI is InChI=1S/C16H18N8O2/c1-16(26)3-5-23(15(25)10-2-4-18-7-19-10)6-11(16)24-9-22-12-13(17)20-8-21-14(12)24/h2,4,7-9,11,26H,3,5-6H2,1H3,(H2,17,20,21)/t11-,16-/m1/s1. The molecule has 0 bridgehead atoms. The van der Waals surface area contributed by atoms with Gasteiger partial charge in [-0.25, -0.2) is 24.9 Å². The SMILES string of the molecule is C[C@@]1(O)CCN(C(=O)c2ccncn2)C[C@H]1n1cnc2c(N)ncnc21. The largest absolute Gasteiger partial charge is 0.388 e. The number of anilines is 1. The number of nitrogens with zero attached hydrogens (tertiary/aromatic N) is 7. The van der Waals surface area contributed by atoms with Gasteiger partial charge < -0.3 is 20.3 Å². The third kappa shape index (κ3) is 2.64. The van der Waals surface area contributed by atoms with E-state index < -0.39 is 11.6 Å². The van der Waals surface area contributed by atoms with Crippen LogP contribution in [0.4, 0.5) is 5.82 Å². The zero-order valence-electron chi connectivity index (χ0n) is 14.1. The Morgan fingerprint density at radius 1 is 1.31 bits per heavy atom. The number of aromatic nitrogens is 6. The van der Waals surface area contributed by atoms with Gasteiger partial charge in [-0.05, 0) is 19.4 Å². The summed E-state index contributed by atoms with van der Waals surface area (Å²) >= 11 is 0. The van der Waals surface area contributed by atoms with Crippen molar-refractivity contribution in [3.8, 4) is 0 Å². The number of likely N-dealkylation sites (tertiary alicyclic amines) is 1. The summed E-state index contributed by atoms with van der Waals surface area (Å²) in [5.74, 6) is 0.0737. The average Bonchev–Trinajstić information content (AvgIpc) is 3.07. The topological polar surface area (TPSA) is 136 Å². The van der Waals surface area contributed by atoms with Crippen molar-refractivity contribution in [2.24, 2.45) is 0 Å². The molecule has 26 heavy (non-hydrogen) atoms. The summed E-state index contributed by atoms with van der Waals surface area (Å²) in [6.45, 7) is 2.47. The number of aliphatic hydroxyl groups is 1. The molecule has 0 aliphatic carbocycles. The predicted molar refractivity (Wildman–Crippen MR) is 91.9 cm³/mol. The van der Waals surface area contributed by atoms with Gasteiger partial charge in [0.05, 0.1) is 18.0 Å². The lowest BCUT2D eigenvalue weighted by Crippen LogP contribution is -2.52. The minimum atomic E-state index is -1.03. The van der Waals surface area contributed by atoms with Crippen molar-refractivity contribution < 1.29 is 9.90 Å². The van der Waals surface area contributed by atoms with Crippen molar-refractivity contribution in [1.82, 2.24) is 34.4 Å². The lowest BCUT2D eigenvalue weighted by molar-refractivity contribution is -0.0434. The minimum absolute atomic E-state index is 0.202. The van der Waals surface area contributed by atoms with E-state index in [9.17, 15) is 9.90 Å². The molecule has 0 spiro atoms. The van der Waals surface area contributed by atoms with E-state index in [-0.39, 0.29) is 11.7 Å². The third-order valence-corrected chi connectivity index (χ3v) is 4.81. The van der Waals surface area contributed by atoms with Crippen LogP contribution in [-0.2, 0) is 0 Å². The Hall–Kier alpha value is -3.14. The number of rotatable bonds is 2. The molecule has 10 nitrogen and oxygen atoms in total. The molecule has 3 N–H and O–H groups in total. The molecule has 3 aromatic rings. The summed E-state index contributed by atoms with van der Waals surface area (Å²) in [4.78, 5) is 34.7. The van der Waals surface area contributed by atoms with Gasteiger partial charge in [-0.1, -0.05) is 0 Å². The quantitative estimate of drug-likeness (QED) is 0.658. The summed E-state index contributed by atoms with van der Waals surface area (Å²) < 4.78 is 1.76. The maximum absolute atomic E-state index is 12.7. The first kappa shape index (κ1) is 16.3. The van der Waals surface area contributed by atoms with Crippen LogP contribution in [0.1, 0.15) is 29.9 Å². The van der Waals surface area contributed by atoms with E-state index >= 15 is 0 Å². The summed E-state index contributed by atoms with van der Waals surface area (Å²) in [5, 5.41) is 10.9. The highest BCUT2D eigenvalue weighted by molar-refractivity contribution is 5.92. The number of piperidine rings is 1. The van der Waals surface area contributed by atoms with E-state index in [1.54, 1.807) is 28.8 Å².